The van der Waals surface area contributed by atoms with Crippen LogP contribution in [0.15, 0.2) is 29.7 Å². The molecule has 0 bridgehead atoms. The number of fused-ring (bicyclic) bond motifs is 1. The maximum atomic E-state index is 12.7. The molecule has 2 aliphatic rings. The van der Waals surface area contributed by atoms with Crippen LogP contribution in [-0.4, -0.2) is 35.8 Å². The van der Waals surface area contributed by atoms with E-state index < -0.39 is 5.41 Å². The number of hydrogen-bond donors (Lipinski definition) is 0. The van der Waals surface area contributed by atoms with Gasteiger partial charge >= 0.3 is 6.03 Å². The Labute approximate surface area is 125 Å². The van der Waals surface area contributed by atoms with Gasteiger partial charge in [0.2, 0.25) is 5.91 Å². The lowest BCUT2D eigenvalue weighted by Crippen LogP contribution is -2.57. The molecule has 0 spiro atoms. The molecule has 3 amide bonds. The summed E-state index contributed by atoms with van der Waals surface area (Å²) in [4.78, 5) is 27.8. The molecule has 0 radical (unpaired) electrons. The maximum absolute atomic E-state index is 12.7. The van der Waals surface area contributed by atoms with Gasteiger partial charge in [0.15, 0.2) is 0 Å². The molecular weight excluding hydrogens is 264 g/mol. The Morgan fingerprint density at radius 3 is 2.71 bits per heavy atom. The number of allylic oxidation sites excluding steroid dienone is 2. The van der Waals surface area contributed by atoms with Crippen LogP contribution in [0.3, 0.4) is 0 Å². The molecule has 1 saturated heterocycles. The van der Waals surface area contributed by atoms with E-state index in [4.69, 9.17) is 6.42 Å². The molecule has 0 aromatic heterocycles. The summed E-state index contributed by atoms with van der Waals surface area (Å²) < 4.78 is 0. The molecule has 1 unspecified atom stereocenters. The summed E-state index contributed by atoms with van der Waals surface area (Å²) in [6.45, 7) is 3.57. The highest BCUT2D eigenvalue weighted by Crippen LogP contribution is 2.51. The van der Waals surface area contributed by atoms with E-state index in [1.165, 1.54) is 11.9 Å². The van der Waals surface area contributed by atoms with Crippen LogP contribution in [0.2, 0.25) is 0 Å². The first-order valence-corrected chi connectivity index (χ1v) is 7.05. The molecule has 1 heterocycles. The van der Waals surface area contributed by atoms with Crippen molar-refractivity contribution in [3.63, 3.8) is 0 Å². The first kappa shape index (κ1) is 15.2. The van der Waals surface area contributed by atoms with E-state index in [0.717, 1.165) is 17.7 Å². The van der Waals surface area contributed by atoms with Gasteiger partial charge in [-0.05, 0) is 37.3 Å². The summed E-state index contributed by atoms with van der Waals surface area (Å²) in [5.41, 5.74) is 4.06. The fourth-order valence-electron chi connectivity index (χ4n) is 3.46. The molecule has 110 valence electrons. The van der Waals surface area contributed by atoms with Crippen molar-refractivity contribution >= 4 is 11.9 Å². The van der Waals surface area contributed by atoms with Gasteiger partial charge in [-0.15, -0.1) is 18.1 Å². The van der Waals surface area contributed by atoms with Gasteiger partial charge in [0.1, 0.15) is 0 Å². The number of terminal acetylenes is 1. The van der Waals surface area contributed by atoms with Gasteiger partial charge in [-0.3, -0.25) is 14.6 Å². The van der Waals surface area contributed by atoms with Crippen LogP contribution >= 0.6 is 0 Å². The Bertz CT molecular complexity index is 605. The number of rotatable bonds is 4. The molecule has 1 atom stereocenters. The van der Waals surface area contributed by atoms with Crippen molar-refractivity contribution in [1.82, 2.24) is 9.80 Å². The predicted molar refractivity (Wildman–Crippen MR) is 81.0 cm³/mol. The van der Waals surface area contributed by atoms with Crippen molar-refractivity contribution in [2.45, 2.75) is 32.1 Å². The van der Waals surface area contributed by atoms with Crippen molar-refractivity contribution in [3.8, 4) is 12.3 Å². The number of urea groups is 1. The number of imide groups is 1. The molecule has 1 aliphatic heterocycles. The third kappa shape index (κ3) is 2.20. The van der Waals surface area contributed by atoms with Gasteiger partial charge in [-0.2, -0.15) is 0 Å². The van der Waals surface area contributed by atoms with Crippen LogP contribution in [0, 0.1) is 17.8 Å². The largest absolute Gasteiger partial charge is 0.330 e. The topological polar surface area (TPSA) is 40.6 Å². The predicted octanol–water partition coefficient (Wildman–Crippen LogP) is 2.69. The van der Waals surface area contributed by atoms with Crippen LogP contribution in [0.4, 0.5) is 4.79 Å². The molecular formula is C17H20N2O2. The Morgan fingerprint density at radius 2 is 2.10 bits per heavy atom. The molecule has 0 saturated carbocycles. The lowest BCUT2D eigenvalue weighted by atomic mass is 9.77. The van der Waals surface area contributed by atoms with Gasteiger partial charge in [0.05, 0.1) is 5.41 Å². The number of carbonyl (C=O) groups excluding carboxylic acids is 2. The second-order valence-corrected chi connectivity index (χ2v) is 5.56. The van der Waals surface area contributed by atoms with E-state index in [1.807, 2.05) is 6.08 Å². The highest BCUT2D eigenvalue weighted by atomic mass is 16.2. The highest BCUT2D eigenvalue weighted by Gasteiger charge is 2.54. The molecule has 1 aliphatic carbocycles. The average Bonchev–Trinajstić information content (AvgIpc) is 2.86. The molecule has 4 nitrogen and oxygen atoms in total. The zero-order valence-electron chi connectivity index (χ0n) is 12.6. The number of amides is 3. The van der Waals surface area contributed by atoms with E-state index in [2.05, 4.69) is 18.2 Å². The molecule has 0 N–H and O–H groups in total. The zero-order chi connectivity index (χ0) is 15.6. The summed E-state index contributed by atoms with van der Waals surface area (Å²) in [6.07, 6.45) is 10.5. The molecule has 2 rings (SSSR count). The third-order valence-corrected chi connectivity index (χ3v) is 4.45. The van der Waals surface area contributed by atoms with Crippen LogP contribution in [-0.2, 0) is 4.79 Å². The molecule has 0 aromatic rings. The Hall–Kier alpha value is -2.24. The van der Waals surface area contributed by atoms with Crippen LogP contribution < -0.4 is 0 Å². The number of hydrogen-bond acceptors (Lipinski definition) is 2. The van der Waals surface area contributed by atoms with Crippen LogP contribution in [0.25, 0.3) is 0 Å². The minimum absolute atomic E-state index is 0.131. The SMILES string of the molecule is C#CCCC12CCC(CC=C=C)=C1N(C)C(=O)N(C)C2=O. The average molecular weight is 284 g/mol. The fraction of sp³-hybridized carbons (Fsp3) is 0.471. The van der Waals surface area contributed by atoms with Crippen LogP contribution in [0.5, 0.6) is 0 Å². The summed E-state index contributed by atoms with van der Waals surface area (Å²) in [6, 6.07) is -0.284. The van der Waals surface area contributed by atoms with Gasteiger partial charge in [0, 0.05) is 26.2 Å². The van der Waals surface area contributed by atoms with Crippen molar-refractivity contribution in [2.24, 2.45) is 5.41 Å². The maximum Gasteiger partial charge on any atom is 0.330 e. The van der Waals surface area contributed by atoms with Crippen molar-refractivity contribution in [2.75, 3.05) is 14.1 Å². The Kier molecular flexibility index (Phi) is 4.06. The monoisotopic (exact) mass is 284 g/mol. The van der Waals surface area contributed by atoms with Gasteiger partial charge in [-0.25, -0.2) is 4.79 Å². The highest BCUT2D eigenvalue weighted by molar-refractivity contribution is 6.03. The van der Waals surface area contributed by atoms with E-state index in [-0.39, 0.29) is 11.9 Å². The molecule has 0 aromatic carbocycles. The Balaban J connectivity index is 2.54. The van der Waals surface area contributed by atoms with Gasteiger partial charge in [-0.1, -0.05) is 6.58 Å². The molecule has 21 heavy (non-hydrogen) atoms. The standard InChI is InChI=1S/C17H20N2O2/c1-5-7-9-13-10-12-17(11-8-6-2)14(13)18(3)16(21)19(4)15(17)20/h2,7H,1,8-12H2,3-4H3. The van der Waals surface area contributed by atoms with Gasteiger partial charge < -0.3 is 0 Å². The quantitative estimate of drug-likeness (QED) is 0.588. The molecule has 1 fully saturated rings. The van der Waals surface area contributed by atoms with Crippen LogP contribution in [0.1, 0.15) is 32.1 Å². The Morgan fingerprint density at radius 1 is 1.38 bits per heavy atom. The zero-order valence-corrected chi connectivity index (χ0v) is 12.6. The van der Waals surface area contributed by atoms with E-state index in [9.17, 15) is 9.59 Å². The fourth-order valence-corrected chi connectivity index (χ4v) is 3.46. The van der Waals surface area contributed by atoms with E-state index in [0.29, 0.717) is 25.7 Å². The van der Waals surface area contributed by atoms with Crippen molar-refractivity contribution in [3.05, 3.63) is 29.7 Å². The minimum Gasteiger partial charge on any atom is -0.300 e. The summed E-state index contributed by atoms with van der Waals surface area (Å²) >= 11 is 0. The second-order valence-electron chi connectivity index (χ2n) is 5.56. The van der Waals surface area contributed by atoms with Crippen molar-refractivity contribution < 1.29 is 9.59 Å². The lowest BCUT2D eigenvalue weighted by molar-refractivity contribution is -0.139. The van der Waals surface area contributed by atoms with Gasteiger partial charge in [0.25, 0.3) is 0 Å². The smallest absolute Gasteiger partial charge is 0.300 e. The first-order valence-electron chi connectivity index (χ1n) is 7.05. The second kappa shape index (κ2) is 5.63. The summed E-state index contributed by atoms with van der Waals surface area (Å²) in [7, 11) is 3.27. The number of nitrogens with zero attached hydrogens (tertiary/aromatic N) is 2. The molecule has 4 heteroatoms. The lowest BCUT2D eigenvalue weighted by Gasteiger charge is -2.43. The minimum atomic E-state index is -0.645. The van der Waals surface area contributed by atoms with Crippen molar-refractivity contribution in [1.29, 1.82) is 0 Å². The summed E-state index contributed by atoms with van der Waals surface area (Å²) in [5.74, 6) is 2.48. The third-order valence-electron chi connectivity index (χ3n) is 4.45. The normalized spacial score (nSPS) is 24.8. The van der Waals surface area contributed by atoms with E-state index in [1.54, 1.807) is 11.9 Å². The summed E-state index contributed by atoms with van der Waals surface area (Å²) in [5, 5.41) is 0. The first-order chi connectivity index (χ1) is 9.99. The number of carbonyl (C=O) groups is 2. The van der Waals surface area contributed by atoms with E-state index >= 15 is 0 Å².